The van der Waals surface area contributed by atoms with Crippen molar-refractivity contribution in [3.8, 4) is 0 Å². The molecule has 1 fully saturated rings. The lowest BCUT2D eigenvalue weighted by atomic mass is 9.90. The maximum Gasteiger partial charge on any atom is 0.335 e. The number of benzene rings is 1. The first-order valence-corrected chi connectivity index (χ1v) is 6.71. The quantitative estimate of drug-likeness (QED) is 0.910. The van der Waals surface area contributed by atoms with Crippen LogP contribution in [-0.2, 0) is 9.53 Å². The van der Waals surface area contributed by atoms with Gasteiger partial charge in [-0.3, -0.25) is 4.79 Å². The van der Waals surface area contributed by atoms with Crippen LogP contribution in [0.4, 0.5) is 0 Å². The number of hydrogen-bond donors (Lipinski definition) is 1. The molecule has 0 radical (unpaired) electrons. The maximum atomic E-state index is 11.8. The van der Waals surface area contributed by atoms with Crippen LogP contribution in [0.2, 0.25) is 0 Å². The van der Waals surface area contributed by atoms with E-state index in [0.29, 0.717) is 6.54 Å². The lowest BCUT2D eigenvalue weighted by Gasteiger charge is -2.33. The molecule has 0 aromatic heterocycles. The van der Waals surface area contributed by atoms with Crippen molar-refractivity contribution in [3.63, 3.8) is 0 Å². The van der Waals surface area contributed by atoms with Crippen molar-refractivity contribution in [2.45, 2.75) is 18.8 Å². The van der Waals surface area contributed by atoms with E-state index in [2.05, 4.69) is 0 Å². The molecule has 0 saturated carbocycles. The minimum atomic E-state index is -0.919. The highest BCUT2D eigenvalue weighted by molar-refractivity contribution is 5.87. The van der Waals surface area contributed by atoms with Crippen molar-refractivity contribution in [2.24, 2.45) is 0 Å². The van der Waals surface area contributed by atoms with E-state index in [9.17, 15) is 9.59 Å². The summed E-state index contributed by atoms with van der Waals surface area (Å²) >= 11 is 0. The highest BCUT2D eigenvalue weighted by Crippen LogP contribution is 2.27. The van der Waals surface area contributed by atoms with Crippen LogP contribution in [0.5, 0.6) is 0 Å². The van der Waals surface area contributed by atoms with Gasteiger partial charge in [-0.05, 0) is 30.5 Å². The highest BCUT2D eigenvalue weighted by atomic mass is 16.5. The summed E-state index contributed by atoms with van der Waals surface area (Å²) in [5.41, 5.74) is 1.38. The Labute approximate surface area is 118 Å². The molecule has 1 heterocycles. The molecule has 0 unspecified atom stereocenters. The molecule has 5 heteroatoms. The molecular formula is C15H19NO4. The van der Waals surface area contributed by atoms with Gasteiger partial charge >= 0.3 is 5.97 Å². The Hall–Kier alpha value is -1.88. The van der Waals surface area contributed by atoms with Crippen LogP contribution >= 0.6 is 0 Å². The number of ether oxygens (including phenoxy) is 1. The second kappa shape index (κ2) is 6.52. The third-order valence-electron chi connectivity index (χ3n) is 3.67. The van der Waals surface area contributed by atoms with E-state index in [1.54, 1.807) is 12.1 Å². The maximum absolute atomic E-state index is 11.8. The number of likely N-dealkylation sites (tertiary alicyclic amines) is 1. The third-order valence-corrected chi connectivity index (χ3v) is 3.67. The van der Waals surface area contributed by atoms with Gasteiger partial charge in [0.15, 0.2) is 0 Å². The molecular weight excluding hydrogens is 258 g/mol. The first-order valence-electron chi connectivity index (χ1n) is 6.71. The number of nitrogens with zero attached hydrogens (tertiary/aromatic N) is 1. The SMILES string of the molecule is COCC(=O)N1CCC[C@@H](c2ccc(C(=O)O)cc2)C1. The van der Waals surface area contributed by atoms with Crippen molar-refractivity contribution < 1.29 is 19.4 Å². The van der Waals surface area contributed by atoms with E-state index in [0.717, 1.165) is 24.9 Å². The summed E-state index contributed by atoms with van der Waals surface area (Å²) in [5.74, 6) is -0.635. The number of methoxy groups -OCH3 is 1. The number of aromatic carboxylic acids is 1. The summed E-state index contributed by atoms with van der Waals surface area (Å²) in [6.07, 6.45) is 1.98. The van der Waals surface area contributed by atoms with Gasteiger partial charge in [0.1, 0.15) is 6.61 Å². The second-order valence-electron chi connectivity index (χ2n) is 5.04. The molecule has 0 bridgehead atoms. The molecule has 1 aliphatic rings. The van der Waals surface area contributed by atoms with Crippen LogP contribution in [0.25, 0.3) is 0 Å². The summed E-state index contributed by atoms with van der Waals surface area (Å²) in [5, 5.41) is 8.89. The molecule has 20 heavy (non-hydrogen) atoms. The number of amides is 1. The summed E-state index contributed by atoms with van der Waals surface area (Å²) in [4.78, 5) is 24.5. The summed E-state index contributed by atoms with van der Waals surface area (Å²) in [6, 6.07) is 6.93. The molecule has 108 valence electrons. The normalized spacial score (nSPS) is 18.9. The Morgan fingerprint density at radius 3 is 2.65 bits per heavy atom. The summed E-state index contributed by atoms with van der Waals surface area (Å²) < 4.78 is 4.88. The minimum absolute atomic E-state index is 0.0133. The van der Waals surface area contributed by atoms with Crippen LogP contribution < -0.4 is 0 Å². The largest absolute Gasteiger partial charge is 0.478 e. The van der Waals surface area contributed by atoms with Gasteiger partial charge in [-0.1, -0.05) is 12.1 Å². The summed E-state index contributed by atoms with van der Waals surface area (Å²) in [7, 11) is 1.52. The monoisotopic (exact) mass is 277 g/mol. The van der Waals surface area contributed by atoms with Crippen molar-refractivity contribution in [3.05, 3.63) is 35.4 Å². The van der Waals surface area contributed by atoms with Gasteiger partial charge in [0.05, 0.1) is 5.56 Å². The zero-order chi connectivity index (χ0) is 14.5. The van der Waals surface area contributed by atoms with Crippen LogP contribution in [-0.4, -0.2) is 48.7 Å². The Bertz CT molecular complexity index is 483. The molecule has 1 aromatic rings. The van der Waals surface area contributed by atoms with Crippen LogP contribution in [0.15, 0.2) is 24.3 Å². The van der Waals surface area contributed by atoms with Crippen molar-refractivity contribution >= 4 is 11.9 Å². The lowest BCUT2D eigenvalue weighted by molar-refractivity contribution is -0.136. The first kappa shape index (κ1) is 14.5. The summed E-state index contributed by atoms with van der Waals surface area (Å²) in [6.45, 7) is 1.56. The Morgan fingerprint density at radius 1 is 1.35 bits per heavy atom. The predicted molar refractivity (Wildman–Crippen MR) is 73.8 cm³/mol. The van der Waals surface area contributed by atoms with E-state index in [1.807, 2.05) is 17.0 Å². The van der Waals surface area contributed by atoms with Gasteiger partial charge in [0.2, 0.25) is 5.91 Å². The molecule has 5 nitrogen and oxygen atoms in total. The van der Waals surface area contributed by atoms with Crippen LogP contribution in [0.3, 0.4) is 0 Å². The fourth-order valence-corrected chi connectivity index (χ4v) is 2.59. The van der Waals surface area contributed by atoms with Crippen molar-refractivity contribution in [2.75, 3.05) is 26.8 Å². The number of carboxylic acids is 1. The molecule has 0 aliphatic carbocycles. The highest BCUT2D eigenvalue weighted by Gasteiger charge is 2.24. The fourth-order valence-electron chi connectivity index (χ4n) is 2.59. The average Bonchev–Trinajstić information content (AvgIpc) is 2.48. The number of carbonyl (C=O) groups is 2. The molecule has 2 rings (SSSR count). The van der Waals surface area contributed by atoms with Gasteiger partial charge in [-0.2, -0.15) is 0 Å². The molecule has 1 aromatic carbocycles. The first-order chi connectivity index (χ1) is 9.61. The van der Waals surface area contributed by atoms with E-state index in [1.165, 1.54) is 7.11 Å². The molecule has 1 N–H and O–H groups in total. The van der Waals surface area contributed by atoms with E-state index < -0.39 is 5.97 Å². The Kier molecular flexibility index (Phi) is 4.74. The van der Waals surface area contributed by atoms with Crippen LogP contribution in [0, 0.1) is 0 Å². The fraction of sp³-hybridized carbons (Fsp3) is 0.467. The average molecular weight is 277 g/mol. The van der Waals surface area contributed by atoms with E-state index in [-0.39, 0.29) is 24.0 Å². The van der Waals surface area contributed by atoms with Gasteiger partial charge in [0.25, 0.3) is 0 Å². The van der Waals surface area contributed by atoms with E-state index >= 15 is 0 Å². The van der Waals surface area contributed by atoms with Gasteiger partial charge in [-0.15, -0.1) is 0 Å². The zero-order valence-corrected chi connectivity index (χ0v) is 11.5. The lowest BCUT2D eigenvalue weighted by Crippen LogP contribution is -2.40. The number of piperidine rings is 1. The third kappa shape index (κ3) is 3.36. The Balaban J connectivity index is 2.04. The van der Waals surface area contributed by atoms with Gasteiger partial charge in [-0.25, -0.2) is 4.79 Å². The molecule has 1 aliphatic heterocycles. The van der Waals surface area contributed by atoms with Gasteiger partial charge in [0, 0.05) is 26.1 Å². The minimum Gasteiger partial charge on any atom is -0.478 e. The topological polar surface area (TPSA) is 66.8 Å². The predicted octanol–water partition coefficient (Wildman–Crippen LogP) is 1.74. The van der Waals surface area contributed by atoms with E-state index in [4.69, 9.17) is 9.84 Å². The standard InChI is InChI=1S/C15H19NO4/c1-20-10-14(17)16-8-2-3-13(9-16)11-4-6-12(7-5-11)15(18)19/h4-7,13H,2-3,8-10H2,1H3,(H,18,19)/t13-/m1/s1. The number of carboxylic acid groups (broad SMARTS) is 1. The van der Waals surface area contributed by atoms with Crippen molar-refractivity contribution in [1.29, 1.82) is 0 Å². The molecule has 1 saturated heterocycles. The molecule has 1 amide bonds. The zero-order valence-electron chi connectivity index (χ0n) is 11.5. The number of carbonyl (C=O) groups excluding carboxylic acids is 1. The van der Waals surface area contributed by atoms with Crippen LogP contribution in [0.1, 0.15) is 34.7 Å². The number of rotatable bonds is 4. The second-order valence-corrected chi connectivity index (χ2v) is 5.04. The molecule has 1 atom stereocenters. The number of hydrogen-bond acceptors (Lipinski definition) is 3. The molecule has 0 spiro atoms. The van der Waals surface area contributed by atoms with Crippen molar-refractivity contribution in [1.82, 2.24) is 4.90 Å². The van der Waals surface area contributed by atoms with Gasteiger partial charge < -0.3 is 14.7 Å². The Morgan fingerprint density at radius 2 is 2.05 bits per heavy atom. The smallest absolute Gasteiger partial charge is 0.335 e.